The molecular weight excluding hydrogens is 335 g/mol. The minimum absolute atomic E-state index is 0. The van der Waals surface area contributed by atoms with Crippen molar-refractivity contribution in [3.05, 3.63) is 27.7 Å². The predicted molar refractivity (Wildman–Crippen MR) is 86.9 cm³/mol. The third kappa shape index (κ3) is 4.61. The van der Waals surface area contributed by atoms with E-state index in [1.807, 2.05) is 0 Å². The number of aryl methyl sites for hydroxylation is 1. The van der Waals surface area contributed by atoms with Gasteiger partial charge in [-0.25, -0.2) is 0 Å². The van der Waals surface area contributed by atoms with Gasteiger partial charge in [0.2, 0.25) is 0 Å². The monoisotopic (exact) mass is 354 g/mol. The maximum atomic E-state index is 6.12. The minimum Gasteiger partial charge on any atom is -0.398 e. The van der Waals surface area contributed by atoms with E-state index in [4.69, 9.17) is 5.73 Å². The first kappa shape index (κ1) is 18.0. The number of benzene rings is 1. The molecule has 0 spiro atoms. The van der Waals surface area contributed by atoms with Crippen LogP contribution in [0.1, 0.15) is 30.4 Å². The normalized spacial score (nSPS) is 15.7. The highest BCUT2D eigenvalue weighted by atomic mass is 79.9. The van der Waals surface area contributed by atoms with E-state index in [1.165, 1.54) is 43.5 Å². The summed E-state index contributed by atoms with van der Waals surface area (Å²) in [6.45, 7) is 5.49. The van der Waals surface area contributed by atoms with Gasteiger partial charge in [0, 0.05) is 16.7 Å². The largest absolute Gasteiger partial charge is 0.398 e. The fourth-order valence-electron chi connectivity index (χ4n) is 2.31. The zero-order valence-electron chi connectivity index (χ0n) is 10.6. The molecule has 1 aromatic rings. The van der Waals surface area contributed by atoms with Crippen LogP contribution in [0.3, 0.4) is 0 Å². The summed E-state index contributed by atoms with van der Waals surface area (Å²) >= 11 is 3.54. The Kier molecular flexibility index (Phi) is 8.28. The second-order valence-corrected chi connectivity index (χ2v) is 5.55. The first-order valence-corrected chi connectivity index (χ1v) is 6.73. The lowest BCUT2D eigenvalue weighted by molar-refractivity contribution is 0.221. The van der Waals surface area contributed by atoms with E-state index in [0.29, 0.717) is 0 Å². The Labute approximate surface area is 130 Å². The van der Waals surface area contributed by atoms with Gasteiger partial charge in [-0.2, -0.15) is 0 Å². The second-order valence-electron chi connectivity index (χ2n) is 4.63. The molecule has 2 rings (SSSR count). The van der Waals surface area contributed by atoms with Gasteiger partial charge in [0.1, 0.15) is 0 Å². The van der Waals surface area contributed by atoms with Crippen LogP contribution in [-0.4, -0.2) is 18.0 Å². The average molecular weight is 356 g/mol. The molecule has 0 saturated carbocycles. The van der Waals surface area contributed by atoms with Crippen molar-refractivity contribution in [2.24, 2.45) is 0 Å². The van der Waals surface area contributed by atoms with E-state index in [9.17, 15) is 0 Å². The average Bonchev–Trinajstić information content (AvgIpc) is 2.27. The van der Waals surface area contributed by atoms with E-state index < -0.39 is 0 Å². The van der Waals surface area contributed by atoms with Gasteiger partial charge in [0.05, 0.1) is 0 Å². The molecule has 1 aromatic carbocycles. The van der Waals surface area contributed by atoms with E-state index >= 15 is 0 Å². The van der Waals surface area contributed by atoms with Crippen molar-refractivity contribution in [1.29, 1.82) is 0 Å². The summed E-state index contributed by atoms with van der Waals surface area (Å²) in [5, 5.41) is 0. The van der Waals surface area contributed by atoms with Crippen molar-refractivity contribution in [2.75, 3.05) is 18.8 Å². The van der Waals surface area contributed by atoms with Gasteiger partial charge in [-0.3, -0.25) is 4.90 Å². The van der Waals surface area contributed by atoms with E-state index in [-0.39, 0.29) is 24.8 Å². The Morgan fingerprint density at radius 2 is 1.78 bits per heavy atom. The molecule has 0 unspecified atom stereocenters. The molecule has 0 aromatic heterocycles. The van der Waals surface area contributed by atoms with Crippen LogP contribution in [0.25, 0.3) is 0 Å². The molecular formula is C13H21BrCl2N2. The van der Waals surface area contributed by atoms with Crippen molar-refractivity contribution < 1.29 is 0 Å². The third-order valence-electron chi connectivity index (χ3n) is 3.28. The van der Waals surface area contributed by atoms with Gasteiger partial charge in [-0.1, -0.05) is 22.4 Å². The van der Waals surface area contributed by atoms with Gasteiger partial charge in [0.25, 0.3) is 0 Å². The highest BCUT2D eigenvalue weighted by Gasteiger charge is 2.13. The van der Waals surface area contributed by atoms with Crippen LogP contribution in [0, 0.1) is 6.92 Å². The molecule has 5 heteroatoms. The predicted octanol–water partition coefficient (Wildman–Crippen LogP) is 4.17. The molecule has 2 nitrogen and oxygen atoms in total. The van der Waals surface area contributed by atoms with Crippen molar-refractivity contribution >= 4 is 46.4 Å². The van der Waals surface area contributed by atoms with Crippen LogP contribution in [-0.2, 0) is 6.54 Å². The number of piperidine rings is 1. The lowest BCUT2D eigenvalue weighted by Gasteiger charge is -2.27. The van der Waals surface area contributed by atoms with Crippen LogP contribution in [0.2, 0.25) is 0 Å². The van der Waals surface area contributed by atoms with Crippen LogP contribution in [0.5, 0.6) is 0 Å². The zero-order valence-corrected chi connectivity index (χ0v) is 13.8. The number of rotatable bonds is 2. The summed E-state index contributed by atoms with van der Waals surface area (Å²) in [6, 6.07) is 4.23. The second kappa shape index (κ2) is 8.26. The topological polar surface area (TPSA) is 29.3 Å². The molecule has 1 aliphatic rings. The van der Waals surface area contributed by atoms with E-state index in [1.54, 1.807) is 0 Å². The Morgan fingerprint density at radius 1 is 1.17 bits per heavy atom. The molecule has 1 heterocycles. The quantitative estimate of drug-likeness (QED) is 0.806. The number of anilines is 1. The standard InChI is InChI=1S/C13H19BrN2.2ClH/c1-10-7-12(14)8-11(13(10)15)9-16-5-3-2-4-6-16;;/h7-8H,2-6,9,15H2,1H3;2*1H. The number of hydrogen-bond acceptors (Lipinski definition) is 2. The van der Waals surface area contributed by atoms with Gasteiger partial charge in [-0.15, -0.1) is 24.8 Å². The van der Waals surface area contributed by atoms with Crippen molar-refractivity contribution in [2.45, 2.75) is 32.7 Å². The Balaban J connectivity index is 0.00000144. The summed E-state index contributed by atoms with van der Waals surface area (Å²) in [6.07, 6.45) is 4.03. The molecule has 18 heavy (non-hydrogen) atoms. The molecule has 0 radical (unpaired) electrons. The molecule has 2 N–H and O–H groups in total. The summed E-state index contributed by atoms with van der Waals surface area (Å²) in [4.78, 5) is 2.50. The molecule has 0 aliphatic carbocycles. The van der Waals surface area contributed by atoms with Gasteiger partial charge >= 0.3 is 0 Å². The number of nitrogen functional groups attached to an aromatic ring is 1. The first-order chi connectivity index (χ1) is 7.66. The molecule has 0 atom stereocenters. The molecule has 1 fully saturated rings. The highest BCUT2D eigenvalue weighted by Crippen LogP contribution is 2.25. The Hall–Kier alpha value is 0.0400. The smallest absolute Gasteiger partial charge is 0.0390 e. The maximum absolute atomic E-state index is 6.12. The van der Waals surface area contributed by atoms with Crippen LogP contribution < -0.4 is 5.73 Å². The van der Waals surface area contributed by atoms with Crippen molar-refractivity contribution in [3.8, 4) is 0 Å². The number of hydrogen-bond donors (Lipinski definition) is 1. The number of likely N-dealkylation sites (tertiary alicyclic amines) is 1. The van der Waals surface area contributed by atoms with Crippen molar-refractivity contribution in [3.63, 3.8) is 0 Å². The molecule has 0 amide bonds. The van der Waals surface area contributed by atoms with Crippen LogP contribution in [0.15, 0.2) is 16.6 Å². The summed E-state index contributed by atoms with van der Waals surface area (Å²) in [7, 11) is 0. The van der Waals surface area contributed by atoms with Gasteiger partial charge < -0.3 is 5.73 Å². The summed E-state index contributed by atoms with van der Waals surface area (Å²) in [5.41, 5.74) is 9.50. The SMILES string of the molecule is Cc1cc(Br)cc(CN2CCCCC2)c1N.Cl.Cl. The van der Waals surface area contributed by atoms with Gasteiger partial charge in [0.15, 0.2) is 0 Å². The van der Waals surface area contributed by atoms with Gasteiger partial charge in [-0.05, 0) is 56.1 Å². The highest BCUT2D eigenvalue weighted by molar-refractivity contribution is 9.10. The van der Waals surface area contributed by atoms with Crippen LogP contribution in [0.4, 0.5) is 5.69 Å². The first-order valence-electron chi connectivity index (χ1n) is 5.93. The Bertz CT molecular complexity index is 379. The lowest BCUT2D eigenvalue weighted by atomic mass is 10.1. The molecule has 1 saturated heterocycles. The number of nitrogens with zero attached hydrogens (tertiary/aromatic N) is 1. The van der Waals surface area contributed by atoms with E-state index in [0.717, 1.165) is 16.7 Å². The molecule has 1 aliphatic heterocycles. The fourth-order valence-corrected chi connectivity index (χ4v) is 2.93. The fraction of sp³-hybridized carbons (Fsp3) is 0.538. The van der Waals surface area contributed by atoms with E-state index in [2.05, 4.69) is 39.9 Å². The summed E-state index contributed by atoms with van der Waals surface area (Å²) < 4.78 is 1.13. The minimum atomic E-state index is 0. The number of halogens is 3. The zero-order chi connectivity index (χ0) is 11.5. The summed E-state index contributed by atoms with van der Waals surface area (Å²) in [5.74, 6) is 0. The molecule has 0 bridgehead atoms. The maximum Gasteiger partial charge on any atom is 0.0390 e. The molecule has 104 valence electrons. The lowest BCUT2D eigenvalue weighted by Crippen LogP contribution is -2.29. The van der Waals surface area contributed by atoms with Crippen LogP contribution >= 0.6 is 40.7 Å². The third-order valence-corrected chi connectivity index (χ3v) is 3.74. The Morgan fingerprint density at radius 3 is 2.39 bits per heavy atom. The number of nitrogens with two attached hydrogens (primary N) is 1. The van der Waals surface area contributed by atoms with Crippen molar-refractivity contribution in [1.82, 2.24) is 4.90 Å².